The van der Waals surface area contributed by atoms with Gasteiger partial charge in [0.2, 0.25) is 0 Å². The third-order valence-electron chi connectivity index (χ3n) is 7.34. The van der Waals surface area contributed by atoms with E-state index in [1.807, 2.05) is 54.7 Å². The van der Waals surface area contributed by atoms with Gasteiger partial charge in [-0.3, -0.25) is 14.7 Å². The number of fused-ring (bicyclic) bond motifs is 1. The van der Waals surface area contributed by atoms with Crippen molar-refractivity contribution in [2.24, 2.45) is 5.41 Å². The number of anilines is 1. The lowest BCUT2D eigenvalue weighted by atomic mass is 9.71. The van der Waals surface area contributed by atoms with Gasteiger partial charge in [0.1, 0.15) is 5.75 Å². The highest BCUT2D eigenvalue weighted by atomic mass is 32.1. The molecule has 0 saturated carbocycles. The summed E-state index contributed by atoms with van der Waals surface area (Å²) >= 11 is 1.63. The molecule has 2 aromatic heterocycles. The molecule has 0 bridgehead atoms. The first-order valence-electron chi connectivity index (χ1n) is 12.6. The SMILES string of the molecule is COc1ccc2ncc(N(C)C)c([C@H](O)CCC3(CC(=O)O)CCN(CC#Cc4cccs4)CC3)c2c1. The van der Waals surface area contributed by atoms with Crippen LogP contribution >= 0.6 is 11.3 Å². The molecule has 1 atom stereocenters. The second-order valence-electron chi connectivity index (χ2n) is 10.0. The highest BCUT2D eigenvalue weighted by molar-refractivity contribution is 7.10. The summed E-state index contributed by atoms with van der Waals surface area (Å²) in [5.74, 6) is 6.37. The van der Waals surface area contributed by atoms with Crippen molar-refractivity contribution in [1.29, 1.82) is 0 Å². The number of ether oxygens (including phenoxy) is 1. The number of aliphatic hydroxyl groups is 1. The van der Waals surface area contributed by atoms with Crippen LogP contribution in [0.15, 0.2) is 41.9 Å². The molecule has 4 rings (SSSR count). The molecular formula is C29H35N3O4S. The van der Waals surface area contributed by atoms with Crippen molar-refractivity contribution in [2.45, 2.75) is 38.2 Å². The van der Waals surface area contributed by atoms with Gasteiger partial charge >= 0.3 is 5.97 Å². The van der Waals surface area contributed by atoms with E-state index in [2.05, 4.69) is 21.7 Å². The fourth-order valence-corrected chi connectivity index (χ4v) is 5.80. The zero-order valence-electron chi connectivity index (χ0n) is 21.7. The van der Waals surface area contributed by atoms with Gasteiger partial charge in [0, 0.05) is 25.0 Å². The smallest absolute Gasteiger partial charge is 0.303 e. The number of aliphatic hydroxyl groups excluding tert-OH is 1. The van der Waals surface area contributed by atoms with E-state index in [1.54, 1.807) is 24.6 Å². The molecule has 8 heteroatoms. The number of likely N-dealkylation sites (tertiary alicyclic amines) is 1. The number of methoxy groups -OCH3 is 1. The van der Waals surface area contributed by atoms with Gasteiger partial charge in [-0.1, -0.05) is 17.9 Å². The van der Waals surface area contributed by atoms with Gasteiger partial charge in [0.15, 0.2) is 0 Å². The predicted octanol–water partition coefficient (Wildman–Crippen LogP) is 4.79. The molecule has 0 radical (unpaired) electrons. The second-order valence-corrected chi connectivity index (χ2v) is 11.0. The molecule has 1 aliphatic rings. The second kappa shape index (κ2) is 12.0. The summed E-state index contributed by atoms with van der Waals surface area (Å²) in [4.78, 5) is 21.7. The minimum Gasteiger partial charge on any atom is -0.497 e. The number of thiophene rings is 1. The maximum Gasteiger partial charge on any atom is 0.303 e. The number of nitrogens with zero attached hydrogens (tertiary/aromatic N) is 3. The zero-order valence-corrected chi connectivity index (χ0v) is 22.6. The molecule has 1 aromatic carbocycles. The Morgan fingerprint density at radius 1 is 1.30 bits per heavy atom. The summed E-state index contributed by atoms with van der Waals surface area (Å²) < 4.78 is 5.43. The van der Waals surface area contributed by atoms with Gasteiger partial charge in [0.25, 0.3) is 0 Å². The van der Waals surface area contributed by atoms with Gasteiger partial charge in [-0.25, -0.2) is 0 Å². The summed E-state index contributed by atoms with van der Waals surface area (Å²) in [5.41, 5.74) is 2.10. The number of carboxylic acid groups (broad SMARTS) is 1. The van der Waals surface area contributed by atoms with Crippen LogP contribution in [0, 0.1) is 17.3 Å². The maximum absolute atomic E-state index is 11.8. The van der Waals surface area contributed by atoms with Crippen molar-refractivity contribution >= 4 is 33.9 Å². The average Bonchev–Trinajstić information content (AvgIpc) is 3.40. The molecule has 0 unspecified atom stereocenters. The van der Waals surface area contributed by atoms with E-state index in [0.717, 1.165) is 53.0 Å². The highest BCUT2D eigenvalue weighted by Crippen LogP contribution is 2.43. The maximum atomic E-state index is 11.8. The van der Waals surface area contributed by atoms with Crippen LogP contribution in [0.4, 0.5) is 5.69 Å². The van der Waals surface area contributed by atoms with Crippen LogP contribution in [0.5, 0.6) is 5.75 Å². The summed E-state index contributed by atoms with van der Waals surface area (Å²) in [6.07, 6.45) is 3.81. The van der Waals surface area contributed by atoms with Gasteiger partial charge in [-0.15, -0.1) is 11.3 Å². The Balaban J connectivity index is 1.49. The molecule has 1 saturated heterocycles. The third-order valence-corrected chi connectivity index (χ3v) is 8.12. The number of aromatic nitrogens is 1. The van der Waals surface area contributed by atoms with Gasteiger partial charge in [-0.05, 0) is 73.8 Å². The quantitative estimate of drug-likeness (QED) is 0.392. The fourth-order valence-electron chi connectivity index (χ4n) is 5.21. The van der Waals surface area contributed by atoms with Crippen molar-refractivity contribution in [1.82, 2.24) is 9.88 Å². The van der Waals surface area contributed by atoms with E-state index in [1.165, 1.54) is 0 Å². The summed E-state index contributed by atoms with van der Waals surface area (Å²) in [7, 11) is 5.49. The van der Waals surface area contributed by atoms with E-state index in [9.17, 15) is 15.0 Å². The van der Waals surface area contributed by atoms with Crippen molar-refractivity contribution < 1.29 is 19.7 Å². The number of hydrogen-bond donors (Lipinski definition) is 2. The standard InChI is InChI=1S/C29H35N3O4S/c1-31(2)25-20-30-24-9-8-21(36-3)18-23(24)28(25)26(33)10-11-29(19-27(34)35)12-15-32(16-13-29)14-4-6-22-7-5-17-37-22/h5,7-9,17-18,20,26,33H,10-16,19H2,1-3H3,(H,34,35)/t26-/m1/s1. The minimum absolute atomic E-state index is 0.111. The van der Waals surface area contributed by atoms with Gasteiger partial charge < -0.3 is 19.8 Å². The Kier molecular flexibility index (Phi) is 8.70. The van der Waals surface area contributed by atoms with Crippen LogP contribution in [-0.4, -0.2) is 66.9 Å². The van der Waals surface area contributed by atoms with Gasteiger partial charge in [-0.2, -0.15) is 0 Å². The lowest BCUT2D eigenvalue weighted by Crippen LogP contribution is -2.41. The van der Waals surface area contributed by atoms with E-state index >= 15 is 0 Å². The van der Waals surface area contributed by atoms with Crippen LogP contribution in [0.1, 0.15) is 48.6 Å². The molecule has 2 N–H and O–H groups in total. The molecule has 3 heterocycles. The number of rotatable bonds is 9. The zero-order chi connectivity index (χ0) is 26.4. The van der Waals surface area contributed by atoms with E-state index < -0.39 is 12.1 Å². The van der Waals surface area contributed by atoms with Crippen LogP contribution in [0.25, 0.3) is 10.9 Å². The van der Waals surface area contributed by atoms with Crippen molar-refractivity contribution in [3.05, 3.63) is 52.3 Å². The number of aliphatic carboxylic acids is 1. The van der Waals surface area contributed by atoms with E-state index in [-0.39, 0.29) is 11.8 Å². The Bertz CT molecular complexity index is 1270. The summed E-state index contributed by atoms with van der Waals surface area (Å²) in [5, 5.41) is 24.1. The van der Waals surface area contributed by atoms with E-state index in [0.29, 0.717) is 25.1 Å². The predicted molar refractivity (Wildman–Crippen MR) is 148 cm³/mol. The van der Waals surface area contributed by atoms with E-state index in [4.69, 9.17) is 4.74 Å². The number of carboxylic acids is 1. The molecule has 1 fully saturated rings. The molecule has 0 spiro atoms. The molecule has 7 nitrogen and oxygen atoms in total. The first-order chi connectivity index (χ1) is 17.8. The van der Waals surface area contributed by atoms with Gasteiger partial charge in [0.05, 0.1) is 48.5 Å². The number of piperidine rings is 1. The lowest BCUT2D eigenvalue weighted by Gasteiger charge is -2.41. The first-order valence-corrected chi connectivity index (χ1v) is 13.5. The Morgan fingerprint density at radius 3 is 2.73 bits per heavy atom. The van der Waals surface area contributed by atoms with Crippen molar-refractivity contribution in [3.63, 3.8) is 0 Å². The number of carbonyl (C=O) groups is 1. The Hall–Kier alpha value is -3.12. The molecule has 37 heavy (non-hydrogen) atoms. The fraction of sp³-hybridized carbons (Fsp3) is 0.448. The Morgan fingerprint density at radius 2 is 2.08 bits per heavy atom. The molecule has 0 aliphatic carbocycles. The van der Waals surface area contributed by atoms with Crippen LogP contribution in [-0.2, 0) is 4.79 Å². The topological polar surface area (TPSA) is 86.1 Å². The van der Waals surface area contributed by atoms with Crippen molar-refractivity contribution in [3.8, 4) is 17.6 Å². The molecular weight excluding hydrogens is 486 g/mol. The lowest BCUT2D eigenvalue weighted by molar-refractivity contribution is -0.141. The van der Waals surface area contributed by atoms with Crippen molar-refractivity contribution in [2.75, 3.05) is 45.7 Å². The monoisotopic (exact) mass is 521 g/mol. The largest absolute Gasteiger partial charge is 0.497 e. The normalized spacial score (nSPS) is 16.1. The molecule has 1 aliphatic heterocycles. The Labute approximate surface area is 222 Å². The van der Waals surface area contributed by atoms with Crippen LogP contribution < -0.4 is 9.64 Å². The van der Waals surface area contributed by atoms with Crippen LogP contribution in [0.2, 0.25) is 0 Å². The number of pyridine rings is 1. The molecule has 196 valence electrons. The summed E-state index contributed by atoms with van der Waals surface area (Å²) in [6, 6.07) is 9.68. The number of benzene rings is 1. The molecule has 0 amide bonds. The number of hydrogen-bond acceptors (Lipinski definition) is 7. The van der Waals surface area contributed by atoms with Crippen LogP contribution in [0.3, 0.4) is 0 Å². The summed E-state index contributed by atoms with van der Waals surface area (Å²) in [6.45, 7) is 2.29. The first kappa shape index (κ1) is 26.9. The third kappa shape index (κ3) is 6.61. The average molecular weight is 522 g/mol. The minimum atomic E-state index is -0.784. The highest BCUT2D eigenvalue weighted by Gasteiger charge is 2.37. The molecule has 3 aromatic rings.